The van der Waals surface area contributed by atoms with Crippen LogP contribution in [-0.4, -0.2) is 86.1 Å². The average Bonchev–Trinajstić information content (AvgIpc) is 3.22. The number of ketones is 3. The summed E-state index contributed by atoms with van der Waals surface area (Å²) in [5.74, 6) is -6.74. The van der Waals surface area contributed by atoms with Crippen LogP contribution in [0.3, 0.4) is 0 Å². The summed E-state index contributed by atoms with van der Waals surface area (Å²) in [4.78, 5) is 91.8. The summed E-state index contributed by atoms with van der Waals surface area (Å²) in [5, 5.41) is 40.1. The number of carboxylic acid groups (broad SMARTS) is 2. The molecule has 2 saturated carbocycles. The average molecular weight is 717 g/mol. The fourth-order valence-electron chi connectivity index (χ4n) is 10.0. The first-order valence-corrected chi connectivity index (χ1v) is 17.6. The van der Waals surface area contributed by atoms with Crippen LogP contribution in [0.25, 0.3) is 0 Å². The molecule has 0 aliphatic heterocycles. The predicted molar refractivity (Wildman–Crippen MR) is 180 cm³/mol. The van der Waals surface area contributed by atoms with Gasteiger partial charge in [0.15, 0.2) is 11.9 Å². The summed E-state index contributed by atoms with van der Waals surface area (Å²) in [6.45, 7) is 12.2. The van der Waals surface area contributed by atoms with Crippen molar-refractivity contribution in [3.8, 4) is 0 Å². The summed E-state index contributed by atoms with van der Waals surface area (Å²) >= 11 is 0. The molecule has 0 amide bonds. The Balaban J connectivity index is 1.79. The van der Waals surface area contributed by atoms with Crippen molar-refractivity contribution in [1.82, 2.24) is 0 Å². The molecule has 0 unspecified atom stereocenters. The maximum Gasteiger partial charge on any atom is 0.330 e. The fourth-order valence-corrected chi connectivity index (χ4v) is 10.0. The minimum Gasteiger partial charge on any atom is -0.481 e. The second kappa shape index (κ2) is 13.7. The first-order chi connectivity index (χ1) is 23.4. The molecule has 0 aromatic rings. The van der Waals surface area contributed by atoms with Crippen molar-refractivity contribution < 1.29 is 63.5 Å². The summed E-state index contributed by atoms with van der Waals surface area (Å²) in [5.41, 5.74) is -6.69. The molecule has 4 aliphatic carbocycles. The number of carboxylic acids is 2. The highest BCUT2D eigenvalue weighted by Crippen LogP contribution is 2.70. The van der Waals surface area contributed by atoms with Crippen molar-refractivity contribution in [3.05, 3.63) is 22.8 Å². The zero-order chi connectivity index (χ0) is 38.6. The number of rotatable bonds is 12. The van der Waals surface area contributed by atoms with Gasteiger partial charge in [-0.15, -0.1) is 0 Å². The van der Waals surface area contributed by atoms with Crippen molar-refractivity contribution in [1.29, 1.82) is 0 Å². The van der Waals surface area contributed by atoms with Crippen LogP contribution in [0.1, 0.15) is 107 Å². The third-order valence-electron chi connectivity index (χ3n) is 13.1. The summed E-state index contributed by atoms with van der Waals surface area (Å²) in [7, 11) is 0. The molecule has 13 nitrogen and oxygen atoms in total. The standard InChI is InChI=1S/C38H52O13/c1-19(10-9-11-20(2)33(47)48)22-14-26(42)38(8)29-23(40)15-24-35(5,30(29)31(46)32(37(22,38)7)51-21(3)39)13-12-25(41)36(24,6)18-50-28(45)17-34(4,49)16-27(43)44/h11,19,22,24-25,32,41,49H,9-10,12-18H2,1-8H3,(H,43,44)(H,47,48)/t19-,22-,24-,25+,32-,34+,35+,36-,37+,38+/m1/s1. The number of aliphatic hydroxyl groups excluding tert-OH is 1. The first kappa shape index (κ1) is 40.1. The highest BCUT2D eigenvalue weighted by molar-refractivity contribution is 6.18. The van der Waals surface area contributed by atoms with Gasteiger partial charge in [0.25, 0.3) is 0 Å². The largest absolute Gasteiger partial charge is 0.481 e. The summed E-state index contributed by atoms with van der Waals surface area (Å²) < 4.78 is 11.4. The normalized spacial score (nSPS) is 36.7. The molecule has 0 aromatic carbocycles. The van der Waals surface area contributed by atoms with Crippen LogP contribution in [0, 0.1) is 39.4 Å². The van der Waals surface area contributed by atoms with E-state index < -0.39 is 106 Å². The van der Waals surface area contributed by atoms with Gasteiger partial charge in [-0.25, -0.2) is 4.79 Å². The molecular formula is C38H52O13. The number of esters is 2. The predicted octanol–water partition coefficient (Wildman–Crippen LogP) is 3.76. The van der Waals surface area contributed by atoms with Crippen LogP contribution >= 0.6 is 0 Å². The Kier molecular flexibility index (Phi) is 10.8. The first-order valence-electron chi connectivity index (χ1n) is 17.6. The van der Waals surface area contributed by atoms with Gasteiger partial charge in [0.1, 0.15) is 5.78 Å². The number of hydrogen-bond acceptors (Lipinski definition) is 11. The van der Waals surface area contributed by atoms with Crippen LogP contribution in [0.2, 0.25) is 0 Å². The monoisotopic (exact) mass is 716 g/mol. The lowest BCUT2D eigenvalue weighted by Gasteiger charge is -2.61. The molecule has 2 fully saturated rings. The van der Waals surface area contributed by atoms with Gasteiger partial charge in [-0.1, -0.05) is 33.8 Å². The van der Waals surface area contributed by atoms with E-state index in [4.69, 9.17) is 14.6 Å². The Morgan fingerprint density at radius 3 is 2.20 bits per heavy atom. The molecule has 0 spiro atoms. The van der Waals surface area contributed by atoms with Crippen molar-refractivity contribution in [2.75, 3.05) is 6.61 Å². The SMILES string of the molecule is CC(=O)O[C@@H]1C(=O)C2=C(C(=O)C[C@H]3[C@@](C)(COC(=O)C[C@@](C)(O)CC(=O)O)[C@@H](O)CC[C@]23C)[C@]2(C)C(=O)C[C@H]([C@H](C)CCC=C(C)C(=O)O)[C@@]12C. The van der Waals surface area contributed by atoms with Gasteiger partial charge >= 0.3 is 23.9 Å². The minimum atomic E-state index is -1.89. The second-order valence-corrected chi connectivity index (χ2v) is 16.6. The molecule has 4 rings (SSSR count). The van der Waals surface area contributed by atoms with Crippen LogP contribution in [0.4, 0.5) is 0 Å². The minimum absolute atomic E-state index is 0.0169. The van der Waals surface area contributed by atoms with E-state index in [2.05, 4.69) is 0 Å². The van der Waals surface area contributed by atoms with Gasteiger partial charge in [0, 0.05) is 52.7 Å². The van der Waals surface area contributed by atoms with E-state index in [0.717, 1.165) is 0 Å². The molecule has 4 aliphatic rings. The van der Waals surface area contributed by atoms with E-state index in [1.807, 2.05) is 6.92 Å². The number of Topliss-reactive ketones (excluding diaryl/α,β-unsaturated/α-hetero) is 3. The van der Waals surface area contributed by atoms with Crippen molar-refractivity contribution in [2.45, 2.75) is 125 Å². The van der Waals surface area contributed by atoms with Gasteiger partial charge < -0.3 is 29.9 Å². The number of allylic oxidation sites excluding steroid dienone is 2. The smallest absolute Gasteiger partial charge is 0.330 e. The number of carbonyl (C=O) groups excluding carboxylic acids is 5. The fraction of sp³-hybridized carbons (Fsp3) is 0.711. The molecule has 0 radical (unpaired) electrons. The van der Waals surface area contributed by atoms with Gasteiger partial charge in [0.2, 0.25) is 5.78 Å². The van der Waals surface area contributed by atoms with E-state index >= 15 is 0 Å². The zero-order valence-electron chi connectivity index (χ0n) is 30.8. The Labute approximate surface area is 297 Å². The molecule has 0 heterocycles. The molecule has 10 atom stereocenters. The number of carbonyl (C=O) groups is 7. The summed E-state index contributed by atoms with van der Waals surface area (Å²) in [6.07, 6.45) is -1.07. The molecular weight excluding hydrogens is 664 g/mol. The molecule has 0 bridgehead atoms. The molecule has 51 heavy (non-hydrogen) atoms. The lowest BCUT2D eigenvalue weighted by molar-refractivity contribution is -0.180. The van der Waals surface area contributed by atoms with Gasteiger partial charge in [-0.2, -0.15) is 0 Å². The molecule has 282 valence electrons. The zero-order valence-corrected chi connectivity index (χ0v) is 30.8. The molecule has 0 aromatic heterocycles. The van der Waals surface area contributed by atoms with Gasteiger partial charge in [-0.3, -0.25) is 28.8 Å². The highest BCUT2D eigenvalue weighted by atomic mass is 16.5. The van der Waals surface area contributed by atoms with E-state index in [-0.39, 0.29) is 54.1 Å². The van der Waals surface area contributed by atoms with E-state index in [1.54, 1.807) is 33.8 Å². The molecule has 0 saturated heterocycles. The quantitative estimate of drug-likeness (QED) is 0.167. The third kappa shape index (κ3) is 6.60. The van der Waals surface area contributed by atoms with E-state index in [9.17, 15) is 48.9 Å². The number of fused-ring (bicyclic) bond motifs is 4. The molecule has 13 heteroatoms. The van der Waals surface area contributed by atoms with Gasteiger partial charge in [0.05, 0.1) is 36.6 Å². The lowest BCUT2D eigenvalue weighted by atomic mass is 9.42. The third-order valence-corrected chi connectivity index (χ3v) is 13.1. The van der Waals surface area contributed by atoms with Crippen LogP contribution in [0.5, 0.6) is 0 Å². The van der Waals surface area contributed by atoms with Crippen molar-refractivity contribution >= 4 is 41.2 Å². The van der Waals surface area contributed by atoms with Crippen molar-refractivity contribution in [2.24, 2.45) is 39.4 Å². The topological polar surface area (TPSA) is 219 Å². The van der Waals surface area contributed by atoms with E-state index in [1.165, 1.54) is 20.8 Å². The number of hydrogen-bond donors (Lipinski definition) is 4. The number of aliphatic hydroxyl groups is 2. The maximum atomic E-state index is 15.0. The van der Waals surface area contributed by atoms with Crippen LogP contribution < -0.4 is 0 Å². The van der Waals surface area contributed by atoms with Crippen LogP contribution in [0.15, 0.2) is 22.8 Å². The number of aliphatic carboxylic acids is 2. The Bertz CT molecular complexity index is 1600. The Morgan fingerprint density at radius 1 is 1.00 bits per heavy atom. The van der Waals surface area contributed by atoms with Crippen LogP contribution in [-0.2, 0) is 43.0 Å². The second-order valence-electron chi connectivity index (χ2n) is 16.6. The number of ether oxygens (including phenoxy) is 2. The van der Waals surface area contributed by atoms with E-state index in [0.29, 0.717) is 12.8 Å². The summed E-state index contributed by atoms with van der Waals surface area (Å²) in [6, 6.07) is 0. The maximum absolute atomic E-state index is 15.0. The Hall–Kier alpha value is -3.71. The Morgan fingerprint density at radius 2 is 1.63 bits per heavy atom. The van der Waals surface area contributed by atoms with Crippen molar-refractivity contribution in [3.63, 3.8) is 0 Å². The lowest BCUT2D eigenvalue weighted by Crippen LogP contribution is -2.65. The highest BCUT2D eigenvalue weighted by Gasteiger charge is 2.75. The van der Waals surface area contributed by atoms with Gasteiger partial charge in [-0.05, 0) is 64.2 Å². The molecule has 4 N–H and O–H groups in total.